The fourth-order valence-electron chi connectivity index (χ4n) is 1.83. The molecule has 1 N–H and O–H groups in total. The van der Waals surface area contributed by atoms with Gasteiger partial charge < -0.3 is 0 Å². The van der Waals surface area contributed by atoms with Gasteiger partial charge in [-0.15, -0.1) is 5.10 Å². The van der Waals surface area contributed by atoms with Gasteiger partial charge in [-0.05, 0) is 16.5 Å². The van der Waals surface area contributed by atoms with Crippen LogP contribution in [0, 0.1) is 0 Å². The molecular formula is C16H23N3S. The first kappa shape index (κ1) is 15.1. The summed E-state index contributed by atoms with van der Waals surface area (Å²) in [6.45, 7) is 10.9. The minimum atomic E-state index is 0.210. The molecule has 1 aromatic heterocycles. The number of thioether (sulfide) groups is 1. The maximum absolute atomic E-state index is 4.48. The van der Waals surface area contributed by atoms with Crippen LogP contribution in [0.4, 0.5) is 0 Å². The summed E-state index contributed by atoms with van der Waals surface area (Å²) >= 11 is 1.67. The maximum atomic E-state index is 4.48. The molecule has 0 aliphatic heterocycles. The van der Waals surface area contributed by atoms with Crippen molar-refractivity contribution in [3.8, 4) is 0 Å². The first-order valence-corrected chi connectivity index (χ1v) is 7.99. The molecule has 108 valence electrons. The Hall–Kier alpha value is -1.29. The third kappa shape index (κ3) is 3.85. The molecule has 20 heavy (non-hydrogen) atoms. The van der Waals surface area contributed by atoms with Gasteiger partial charge in [0.05, 0.1) is 0 Å². The highest BCUT2D eigenvalue weighted by molar-refractivity contribution is 7.98. The molecule has 0 aliphatic rings. The lowest BCUT2D eigenvalue weighted by Gasteiger charge is -2.19. The van der Waals surface area contributed by atoms with Gasteiger partial charge in [0, 0.05) is 11.7 Å². The topological polar surface area (TPSA) is 41.6 Å². The Kier molecular flexibility index (Phi) is 4.53. The predicted octanol–water partition coefficient (Wildman–Crippen LogP) is 4.52. The maximum Gasteiger partial charge on any atom is 0.208 e. The summed E-state index contributed by atoms with van der Waals surface area (Å²) in [4.78, 5) is 4.48. The van der Waals surface area contributed by atoms with Crippen LogP contribution in [0.3, 0.4) is 0 Å². The number of aromatic nitrogens is 3. The van der Waals surface area contributed by atoms with Gasteiger partial charge in [0.1, 0.15) is 5.82 Å². The predicted molar refractivity (Wildman–Crippen MR) is 85.2 cm³/mol. The van der Waals surface area contributed by atoms with Gasteiger partial charge in [-0.25, -0.2) is 4.98 Å². The van der Waals surface area contributed by atoms with Crippen LogP contribution < -0.4 is 0 Å². The van der Waals surface area contributed by atoms with Crippen LogP contribution in [-0.2, 0) is 11.2 Å². The molecule has 1 aromatic carbocycles. The second kappa shape index (κ2) is 6.00. The Morgan fingerprint density at radius 2 is 1.80 bits per heavy atom. The third-order valence-electron chi connectivity index (χ3n) is 3.22. The van der Waals surface area contributed by atoms with E-state index in [1.807, 2.05) is 0 Å². The van der Waals surface area contributed by atoms with Crippen LogP contribution in [0.25, 0.3) is 0 Å². The van der Waals surface area contributed by atoms with Crippen molar-refractivity contribution in [2.45, 2.75) is 56.9 Å². The van der Waals surface area contributed by atoms with E-state index < -0.39 is 0 Å². The Labute approximate surface area is 125 Å². The van der Waals surface area contributed by atoms with E-state index in [-0.39, 0.29) is 5.41 Å². The second-order valence-electron chi connectivity index (χ2n) is 6.39. The largest absolute Gasteiger partial charge is 0.262 e. The molecule has 0 fully saturated rings. The molecule has 0 saturated carbocycles. The van der Waals surface area contributed by atoms with E-state index in [1.54, 1.807) is 11.8 Å². The first-order valence-electron chi connectivity index (χ1n) is 7.01. The minimum absolute atomic E-state index is 0.210. The monoisotopic (exact) mass is 289 g/mol. The molecule has 0 atom stereocenters. The summed E-state index contributed by atoms with van der Waals surface area (Å²) in [6.07, 6.45) is 0. The zero-order chi connectivity index (χ0) is 14.8. The highest BCUT2D eigenvalue weighted by Crippen LogP contribution is 2.25. The number of hydrogen-bond donors (Lipinski definition) is 1. The van der Waals surface area contributed by atoms with E-state index in [9.17, 15) is 0 Å². The summed E-state index contributed by atoms with van der Waals surface area (Å²) in [5.41, 5.74) is 2.88. The molecule has 0 aliphatic carbocycles. The fourth-order valence-corrected chi connectivity index (χ4v) is 2.59. The molecule has 0 saturated heterocycles. The average Bonchev–Trinajstić information content (AvgIpc) is 2.85. The summed E-state index contributed by atoms with van der Waals surface area (Å²) in [6, 6.07) is 8.83. The van der Waals surface area contributed by atoms with E-state index in [2.05, 4.69) is 74.1 Å². The number of nitrogens with one attached hydrogen (secondary N) is 1. The molecule has 0 bridgehead atoms. The van der Waals surface area contributed by atoms with Crippen molar-refractivity contribution in [1.29, 1.82) is 0 Å². The van der Waals surface area contributed by atoms with Gasteiger partial charge in [0.2, 0.25) is 5.16 Å². The van der Waals surface area contributed by atoms with Crippen molar-refractivity contribution in [2.75, 3.05) is 0 Å². The Bertz CT molecular complexity index is 550. The summed E-state index contributed by atoms with van der Waals surface area (Å²) in [7, 11) is 0. The number of hydrogen-bond acceptors (Lipinski definition) is 3. The van der Waals surface area contributed by atoms with E-state index in [0.717, 1.165) is 16.7 Å². The lowest BCUT2D eigenvalue weighted by Crippen LogP contribution is -2.10. The molecule has 0 unspecified atom stereocenters. The molecular weight excluding hydrogens is 266 g/mol. The van der Waals surface area contributed by atoms with E-state index >= 15 is 0 Å². The normalized spacial score (nSPS) is 12.1. The summed E-state index contributed by atoms with van der Waals surface area (Å²) in [5.74, 6) is 2.25. The number of aromatic amines is 1. The number of benzene rings is 1. The molecule has 2 rings (SSSR count). The zero-order valence-corrected chi connectivity index (χ0v) is 13.7. The quantitative estimate of drug-likeness (QED) is 0.841. The van der Waals surface area contributed by atoms with Gasteiger partial charge in [0.15, 0.2) is 0 Å². The van der Waals surface area contributed by atoms with Crippen LogP contribution in [-0.4, -0.2) is 15.2 Å². The van der Waals surface area contributed by atoms with E-state index in [1.165, 1.54) is 11.1 Å². The summed E-state index contributed by atoms with van der Waals surface area (Å²) in [5, 5.41) is 8.05. The van der Waals surface area contributed by atoms with Crippen molar-refractivity contribution in [3.05, 3.63) is 41.2 Å². The van der Waals surface area contributed by atoms with Crippen molar-refractivity contribution in [1.82, 2.24) is 15.2 Å². The van der Waals surface area contributed by atoms with Crippen LogP contribution in [0.2, 0.25) is 0 Å². The molecule has 0 spiro atoms. The highest BCUT2D eigenvalue weighted by Gasteiger charge is 2.13. The molecule has 4 heteroatoms. The van der Waals surface area contributed by atoms with Crippen molar-refractivity contribution < 1.29 is 0 Å². The van der Waals surface area contributed by atoms with Gasteiger partial charge >= 0.3 is 0 Å². The van der Waals surface area contributed by atoms with Crippen molar-refractivity contribution >= 4 is 11.8 Å². The van der Waals surface area contributed by atoms with Gasteiger partial charge in [-0.1, -0.05) is 70.6 Å². The van der Waals surface area contributed by atoms with Gasteiger partial charge in [-0.3, -0.25) is 5.10 Å². The lowest BCUT2D eigenvalue weighted by molar-refractivity contribution is 0.590. The second-order valence-corrected chi connectivity index (χ2v) is 7.34. The van der Waals surface area contributed by atoms with Crippen LogP contribution in [0.1, 0.15) is 57.5 Å². The molecule has 2 aromatic rings. The standard InChI is InChI=1S/C16H23N3S/c1-11(2)14-17-15(19-18-14)20-10-12-6-8-13(9-7-12)16(3,4)5/h6-9,11H,10H2,1-5H3,(H,17,18,19). The van der Waals surface area contributed by atoms with Gasteiger partial charge in [0.25, 0.3) is 0 Å². The third-order valence-corrected chi connectivity index (χ3v) is 4.14. The Morgan fingerprint density at radius 1 is 1.15 bits per heavy atom. The van der Waals surface area contributed by atoms with Crippen LogP contribution >= 0.6 is 11.8 Å². The van der Waals surface area contributed by atoms with Crippen LogP contribution in [0.5, 0.6) is 0 Å². The Balaban J connectivity index is 1.97. The number of H-pyrrole nitrogens is 1. The van der Waals surface area contributed by atoms with Crippen LogP contribution in [0.15, 0.2) is 29.4 Å². The van der Waals surface area contributed by atoms with E-state index in [0.29, 0.717) is 5.92 Å². The smallest absolute Gasteiger partial charge is 0.208 e. The summed E-state index contributed by atoms with van der Waals surface area (Å²) < 4.78 is 0. The Morgan fingerprint density at radius 3 is 2.30 bits per heavy atom. The number of rotatable bonds is 4. The van der Waals surface area contributed by atoms with Crippen molar-refractivity contribution in [2.24, 2.45) is 0 Å². The molecule has 3 nitrogen and oxygen atoms in total. The SMILES string of the molecule is CC(C)c1nc(SCc2ccc(C(C)(C)C)cc2)n[nH]1. The fraction of sp³-hybridized carbons (Fsp3) is 0.500. The lowest BCUT2D eigenvalue weighted by atomic mass is 9.87. The van der Waals surface area contributed by atoms with E-state index in [4.69, 9.17) is 0 Å². The first-order chi connectivity index (χ1) is 9.36. The molecule has 0 radical (unpaired) electrons. The number of nitrogens with zero attached hydrogens (tertiary/aromatic N) is 2. The minimum Gasteiger partial charge on any atom is -0.262 e. The molecule has 0 amide bonds. The van der Waals surface area contributed by atoms with Gasteiger partial charge in [-0.2, -0.15) is 0 Å². The zero-order valence-electron chi connectivity index (χ0n) is 12.9. The van der Waals surface area contributed by atoms with Crippen molar-refractivity contribution in [3.63, 3.8) is 0 Å². The average molecular weight is 289 g/mol. The highest BCUT2D eigenvalue weighted by atomic mass is 32.2. The molecule has 1 heterocycles.